The Bertz CT molecular complexity index is 850. The number of hydrogen-bond donors (Lipinski definition) is 2. The van der Waals surface area contributed by atoms with Gasteiger partial charge in [0.15, 0.2) is 0 Å². The van der Waals surface area contributed by atoms with Crippen LogP contribution in [0, 0.1) is 23.6 Å². The van der Waals surface area contributed by atoms with Gasteiger partial charge in [0.1, 0.15) is 5.82 Å². The highest BCUT2D eigenvalue weighted by Gasteiger charge is 2.43. The third-order valence-corrected chi connectivity index (χ3v) is 9.28. The van der Waals surface area contributed by atoms with Gasteiger partial charge in [-0.05, 0) is 70.4 Å². The van der Waals surface area contributed by atoms with E-state index in [1.807, 2.05) is 11.9 Å². The average Bonchev–Trinajstić information content (AvgIpc) is 2.92. The molecule has 37 heavy (non-hydrogen) atoms. The van der Waals surface area contributed by atoms with Crippen molar-refractivity contribution >= 4 is 17.5 Å². The molecule has 2 fully saturated rings. The first kappa shape index (κ1) is 30.3. The smallest absolute Gasteiger partial charge is 0.222 e. The number of nitrogens with one attached hydrogen (secondary N) is 1. The van der Waals surface area contributed by atoms with Crippen molar-refractivity contribution in [3.05, 3.63) is 34.6 Å². The van der Waals surface area contributed by atoms with Crippen LogP contribution in [-0.2, 0) is 15.1 Å². The topological polar surface area (TPSA) is 61.8 Å². The number of amides is 1. The Morgan fingerprint density at radius 1 is 1.24 bits per heavy atom. The molecule has 5 nitrogen and oxygen atoms in total. The molecule has 210 valence electrons. The maximum absolute atomic E-state index is 15.2. The molecular formula is C30H48ClFN2O3. The summed E-state index contributed by atoms with van der Waals surface area (Å²) in [5.41, 5.74) is -1.14. The number of ether oxygens (including phenoxy) is 1. The first-order chi connectivity index (χ1) is 17.8. The normalized spacial score (nSPS) is 22.4. The number of methoxy groups -OCH3 is 1. The lowest BCUT2D eigenvalue weighted by molar-refractivity contribution is -0.138. The number of aliphatic hydroxyl groups is 1. The molecule has 0 bridgehead atoms. The van der Waals surface area contributed by atoms with Gasteiger partial charge in [0.2, 0.25) is 5.91 Å². The number of carbonyl (C=O) groups is 1. The van der Waals surface area contributed by atoms with Crippen molar-refractivity contribution in [2.45, 2.75) is 95.6 Å². The fraction of sp³-hybridized carbons (Fsp3) is 0.767. The number of unbranched alkanes of at least 4 members (excludes halogenated alkanes) is 1. The Kier molecular flexibility index (Phi) is 12.1. The van der Waals surface area contributed by atoms with Gasteiger partial charge in [0.25, 0.3) is 0 Å². The number of nitrogens with zero attached hydrogens (tertiary/aromatic N) is 1. The van der Waals surface area contributed by atoms with E-state index >= 15 is 4.39 Å². The van der Waals surface area contributed by atoms with E-state index in [-0.39, 0.29) is 28.5 Å². The summed E-state index contributed by atoms with van der Waals surface area (Å²) in [5.74, 6) is 0.344. The highest BCUT2D eigenvalue weighted by molar-refractivity contribution is 6.30. The second kappa shape index (κ2) is 14.8. The number of piperidine rings is 1. The molecule has 1 amide bonds. The van der Waals surface area contributed by atoms with E-state index in [2.05, 4.69) is 12.2 Å². The molecule has 1 aliphatic carbocycles. The van der Waals surface area contributed by atoms with Crippen LogP contribution < -0.4 is 5.32 Å². The third-order valence-electron chi connectivity index (χ3n) is 8.98. The Labute approximate surface area is 228 Å². The van der Waals surface area contributed by atoms with E-state index in [4.69, 9.17) is 16.3 Å². The summed E-state index contributed by atoms with van der Waals surface area (Å²) in [5, 5.41) is 15.5. The molecule has 2 aliphatic rings. The summed E-state index contributed by atoms with van der Waals surface area (Å²) in [7, 11) is 3.63. The largest absolute Gasteiger partial charge is 0.385 e. The lowest BCUT2D eigenvalue weighted by Crippen LogP contribution is -2.49. The Morgan fingerprint density at radius 2 is 2.00 bits per heavy atom. The number of carbonyl (C=O) groups excluding carboxylic acids is 1. The molecule has 4 atom stereocenters. The van der Waals surface area contributed by atoms with Crippen LogP contribution >= 0.6 is 11.6 Å². The molecule has 0 radical (unpaired) electrons. The molecule has 0 spiro atoms. The minimum Gasteiger partial charge on any atom is -0.385 e. The van der Waals surface area contributed by atoms with Gasteiger partial charge in [-0.2, -0.15) is 0 Å². The Morgan fingerprint density at radius 3 is 2.70 bits per heavy atom. The summed E-state index contributed by atoms with van der Waals surface area (Å²) in [6, 6.07) is 5.12. The zero-order valence-electron chi connectivity index (χ0n) is 23.1. The zero-order valence-corrected chi connectivity index (χ0v) is 23.9. The van der Waals surface area contributed by atoms with Crippen molar-refractivity contribution in [3.8, 4) is 0 Å². The fourth-order valence-corrected chi connectivity index (χ4v) is 6.71. The first-order valence-electron chi connectivity index (χ1n) is 14.4. The van der Waals surface area contributed by atoms with Crippen LogP contribution in [0.5, 0.6) is 0 Å². The van der Waals surface area contributed by atoms with E-state index in [1.165, 1.54) is 38.2 Å². The van der Waals surface area contributed by atoms with Crippen LogP contribution in [-0.4, -0.2) is 55.8 Å². The van der Waals surface area contributed by atoms with Gasteiger partial charge in [-0.15, -0.1) is 0 Å². The predicted molar refractivity (Wildman–Crippen MR) is 148 cm³/mol. The molecule has 1 saturated heterocycles. The quantitative estimate of drug-likeness (QED) is 0.289. The lowest BCUT2D eigenvalue weighted by Gasteiger charge is -2.43. The highest BCUT2D eigenvalue weighted by Crippen LogP contribution is 2.42. The van der Waals surface area contributed by atoms with Gasteiger partial charge in [-0.25, -0.2) is 4.39 Å². The minimum atomic E-state index is -1.39. The van der Waals surface area contributed by atoms with Crippen molar-refractivity contribution in [3.63, 3.8) is 0 Å². The number of hydrogen-bond acceptors (Lipinski definition) is 4. The third kappa shape index (κ3) is 8.14. The van der Waals surface area contributed by atoms with Crippen LogP contribution in [0.4, 0.5) is 4.39 Å². The molecule has 3 rings (SSSR count). The number of benzene rings is 1. The maximum atomic E-state index is 15.2. The fourth-order valence-electron chi connectivity index (χ4n) is 6.54. The molecule has 7 heteroatoms. The summed E-state index contributed by atoms with van der Waals surface area (Å²) in [6.45, 7) is 3.91. The second-order valence-electron chi connectivity index (χ2n) is 11.4. The number of rotatable bonds is 13. The lowest BCUT2D eigenvalue weighted by atomic mass is 9.73. The van der Waals surface area contributed by atoms with Crippen molar-refractivity contribution < 1.29 is 19.0 Å². The van der Waals surface area contributed by atoms with Gasteiger partial charge in [0, 0.05) is 50.8 Å². The van der Waals surface area contributed by atoms with E-state index in [0.29, 0.717) is 50.8 Å². The molecule has 1 aliphatic heterocycles. The SMILES string of the molecule is CN[C@H](C)[C@@H](CC(=O)N1CCC[C@@H]([C@](O)(CCCCOC)c2cccc(Cl)c2F)C1)CC1CCCCC1. The maximum Gasteiger partial charge on any atom is 0.222 e. The van der Waals surface area contributed by atoms with Crippen LogP contribution in [0.3, 0.4) is 0 Å². The van der Waals surface area contributed by atoms with E-state index in [0.717, 1.165) is 25.7 Å². The summed E-state index contributed by atoms with van der Waals surface area (Å²) in [6.07, 6.45) is 11.5. The molecule has 2 N–H and O–H groups in total. The van der Waals surface area contributed by atoms with Gasteiger partial charge in [0.05, 0.1) is 10.6 Å². The molecule has 1 heterocycles. The monoisotopic (exact) mass is 538 g/mol. The van der Waals surface area contributed by atoms with Gasteiger partial charge in [-0.3, -0.25) is 4.79 Å². The first-order valence-corrected chi connectivity index (χ1v) is 14.8. The van der Waals surface area contributed by atoms with E-state index in [9.17, 15) is 9.90 Å². The standard InChI is InChI=1S/C30H48ClFN2O3/c1-22(33-2)24(19-23-11-5-4-6-12-23)20-28(35)34-17-10-13-25(21-34)30(36,16-7-8-18-37-3)26-14-9-15-27(31)29(26)32/h9,14-15,22-25,33,36H,4-8,10-13,16-21H2,1-3H3/t22-,24-,25-,30-/m1/s1. The zero-order chi connectivity index (χ0) is 26.8. The van der Waals surface area contributed by atoms with E-state index in [1.54, 1.807) is 19.2 Å². The molecule has 1 aromatic rings. The van der Waals surface area contributed by atoms with Crippen LogP contribution in [0.2, 0.25) is 5.02 Å². The van der Waals surface area contributed by atoms with Gasteiger partial charge >= 0.3 is 0 Å². The minimum absolute atomic E-state index is 0.0168. The van der Waals surface area contributed by atoms with Gasteiger partial charge in [-0.1, -0.05) is 55.8 Å². The molecule has 1 aromatic carbocycles. The Hall–Kier alpha value is -1.21. The number of halogens is 2. The summed E-state index contributed by atoms with van der Waals surface area (Å²) < 4.78 is 20.4. The summed E-state index contributed by atoms with van der Waals surface area (Å²) in [4.78, 5) is 15.5. The molecular weight excluding hydrogens is 491 g/mol. The highest BCUT2D eigenvalue weighted by atomic mass is 35.5. The molecule has 0 aromatic heterocycles. The summed E-state index contributed by atoms with van der Waals surface area (Å²) >= 11 is 6.13. The second-order valence-corrected chi connectivity index (χ2v) is 11.8. The predicted octanol–water partition coefficient (Wildman–Crippen LogP) is 6.31. The van der Waals surface area contributed by atoms with Crippen LogP contribution in [0.25, 0.3) is 0 Å². The van der Waals surface area contributed by atoms with E-state index < -0.39 is 11.4 Å². The Balaban J connectivity index is 1.74. The van der Waals surface area contributed by atoms with Crippen LogP contribution in [0.15, 0.2) is 18.2 Å². The van der Waals surface area contributed by atoms with Crippen molar-refractivity contribution in [2.75, 3.05) is 33.9 Å². The van der Waals surface area contributed by atoms with Crippen molar-refractivity contribution in [2.24, 2.45) is 17.8 Å². The molecule has 0 unspecified atom stereocenters. The average molecular weight is 539 g/mol. The van der Waals surface area contributed by atoms with Crippen molar-refractivity contribution in [1.29, 1.82) is 0 Å². The van der Waals surface area contributed by atoms with Crippen LogP contribution in [0.1, 0.15) is 89.5 Å². The molecule has 1 saturated carbocycles. The van der Waals surface area contributed by atoms with Gasteiger partial charge < -0.3 is 20.1 Å². The number of likely N-dealkylation sites (tertiary alicyclic amines) is 1. The van der Waals surface area contributed by atoms with Crippen molar-refractivity contribution in [1.82, 2.24) is 10.2 Å².